The van der Waals surface area contributed by atoms with E-state index in [1.54, 1.807) is 25.1 Å². The zero-order chi connectivity index (χ0) is 15.3. The Kier molecular flexibility index (Phi) is 5.33. The molecule has 3 amide bonds. The zero-order valence-corrected chi connectivity index (χ0v) is 11.7. The normalized spacial score (nSPS) is 13.2. The molecule has 0 saturated heterocycles. The predicted octanol–water partition coefficient (Wildman–Crippen LogP) is 0.677. The minimum absolute atomic E-state index is 0.276. The summed E-state index contributed by atoms with van der Waals surface area (Å²) in [6.07, 6.45) is -0.896. The Morgan fingerprint density at radius 2 is 1.95 bits per heavy atom. The third-order valence-corrected chi connectivity index (χ3v) is 2.63. The van der Waals surface area contributed by atoms with Crippen LogP contribution in [0.2, 0.25) is 0 Å². The number of primary amides is 1. The lowest BCUT2D eigenvalue weighted by Crippen LogP contribution is -2.42. The van der Waals surface area contributed by atoms with Gasteiger partial charge in [0.2, 0.25) is 0 Å². The number of benzene rings is 1. The van der Waals surface area contributed by atoms with Crippen LogP contribution in [0.5, 0.6) is 11.5 Å². The van der Waals surface area contributed by atoms with Crippen molar-refractivity contribution in [3.63, 3.8) is 0 Å². The molecule has 1 aromatic carbocycles. The molecule has 110 valence electrons. The monoisotopic (exact) mass is 281 g/mol. The van der Waals surface area contributed by atoms with Crippen LogP contribution in [0.4, 0.5) is 4.79 Å². The van der Waals surface area contributed by atoms with Gasteiger partial charge in [-0.1, -0.05) is 6.07 Å². The molecule has 0 spiro atoms. The Morgan fingerprint density at radius 1 is 1.30 bits per heavy atom. The van der Waals surface area contributed by atoms with Gasteiger partial charge < -0.3 is 20.9 Å². The van der Waals surface area contributed by atoms with Crippen LogP contribution in [0.1, 0.15) is 25.5 Å². The van der Waals surface area contributed by atoms with Crippen molar-refractivity contribution in [1.29, 1.82) is 0 Å². The van der Waals surface area contributed by atoms with Gasteiger partial charge in [0.1, 0.15) is 11.5 Å². The third kappa shape index (κ3) is 4.13. The van der Waals surface area contributed by atoms with Crippen molar-refractivity contribution in [2.75, 3.05) is 7.11 Å². The SMILES string of the molecule is COc1ccc([C@@H](C)N)c(OC(C)C(=O)NC(N)=O)c1. The molecule has 7 nitrogen and oxygen atoms in total. The second kappa shape index (κ2) is 6.76. The maximum absolute atomic E-state index is 11.6. The number of carbonyl (C=O) groups excluding carboxylic acids is 2. The van der Waals surface area contributed by atoms with Crippen LogP contribution in [0.3, 0.4) is 0 Å². The Bertz CT molecular complexity index is 502. The number of nitrogens with one attached hydrogen (secondary N) is 1. The van der Waals surface area contributed by atoms with E-state index in [1.807, 2.05) is 5.32 Å². The number of carbonyl (C=O) groups is 2. The van der Waals surface area contributed by atoms with Crippen LogP contribution in [0, 0.1) is 0 Å². The number of ether oxygens (including phenoxy) is 2. The van der Waals surface area contributed by atoms with Gasteiger partial charge in [0.05, 0.1) is 7.11 Å². The Morgan fingerprint density at radius 3 is 2.45 bits per heavy atom. The summed E-state index contributed by atoms with van der Waals surface area (Å²) >= 11 is 0. The Balaban J connectivity index is 2.94. The van der Waals surface area contributed by atoms with E-state index in [9.17, 15) is 9.59 Å². The first-order valence-corrected chi connectivity index (χ1v) is 6.05. The lowest BCUT2D eigenvalue weighted by atomic mass is 10.1. The largest absolute Gasteiger partial charge is 0.497 e. The topological polar surface area (TPSA) is 117 Å². The van der Waals surface area contributed by atoms with Gasteiger partial charge in [-0.2, -0.15) is 0 Å². The van der Waals surface area contributed by atoms with Gasteiger partial charge in [-0.05, 0) is 19.9 Å². The van der Waals surface area contributed by atoms with Crippen LogP contribution in [-0.2, 0) is 4.79 Å². The maximum Gasteiger partial charge on any atom is 0.318 e. The highest BCUT2D eigenvalue weighted by Crippen LogP contribution is 2.29. The maximum atomic E-state index is 11.6. The highest BCUT2D eigenvalue weighted by molar-refractivity contribution is 5.95. The molecule has 0 radical (unpaired) electrons. The van der Waals surface area contributed by atoms with Gasteiger partial charge in [0.15, 0.2) is 6.10 Å². The summed E-state index contributed by atoms with van der Waals surface area (Å²) in [5.41, 5.74) is 11.5. The average molecular weight is 281 g/mol. The van der Waals surface area contributed by atoms with Crippen molar-refractivity contribution >= 4 is 11.9 Å². The molecule has 1 unspecified atom stereocenters. The summed E-state index contributed by atoms with van der Waals surface area (Å²) in [4.78, 5) is 22.2. The minimum Gasteiger partial charge on any atom is -0.497 e. The number of hydrogen-bond acceptors (Lipinski definition) is 5. The summed E-state index contributed by atoms with van der Waals surface area (Å²) in [5.74, 6) is 0.370. The highest BCUT2D eigenvalue weighted by Gasteiger charge is 2.19. The van der Waals surface area contributed by atoms with E-state index >= 15 is 0 Å². The summed E-state index contributed by atoms with van der Waals surface area (Å²) in [5, 5.41) is 1.95. The van der Waals surface area contributed by atoms with E-state index in [-0.39, 0.29) is 6.04 Å². The quantitative estimate of drug-likeness (QED) is 0.733. The fraction of sp³-hybridized carbons (Fsp3) is 0.385. The van der Waals surface area contributed by atoms with Crippen molar-refractivity contribution in [3.8, 4) is 11.5 Å². The number of hydrogen-bond donors (Lipinski definition) is 3. The molecule has 0 aromatic heterocycles. The van der Waals surface area contributed by atoms with Crippen LogP contribution >= 0.6 is 0 Å². The fourth-order valence-electron chi connectivity index (χ4n) is 1.59. The first kappa shape index (κ1) is 15.8. The van der Waals surface area contributed by atoms with Gasteiger partial charge in [0.25, 0.3) is 5.91 Å². The second-order valence-corrected chi connectivity index (χ2v) is 4.31. The lowest BCUT2D eigenvalue weighted by Gasteiger charge is -2.18. The molecule has 20 heavy (non-hydrogen) atoms. The third-order valence-electron chi connectivity index (χ3n) is 2.63. The van der Waals surface area contributed by atoms with Gasteiger partial charge >= 0.3 is 6.03 Å². The Labute approximate surface area is 117 Å². The van der Waals surface area contributed by atoms with Gasteiger partial charge in [-0.3, -0.25) is 10.1 Å². The molecule has 0 fully saturated rings. The van der Waals surface area contributed by atoms with Crippen molar-refractivity contribution in [3.05, 3.63) is 23.8 Å². The van der Waals surface area contributed by atoms with E-state index < -0.39 is 18.0 Å². The van der Waals surface area contributed by atoms with Crippen LogP contribution < -0.4 is 26.3 Å². The molecule has 7 heteroatoms. The van der Waals surface area contributed by atoms with E-state index in [2.05, 4.69) is 0 Å². The molecule has 0 aliphatic carbocycles. The zero-order valence-electron chi connectivity index (χ0n) is 11.7. The number of nitrogens with two attached hydrogens (primary N) is 2. The molecule has 0 bridgehead atoms. The summed E-state index contributed by atoms with van der Waals surface area (Å²) in [7, 11) is 1.52. The van der Waals surface area contributed by atoms with E-state index in [0.29, 0.717) is 11.5 Å². The standard InChI is InChI=1S/C13H19N3O4/c1-7(14)10-5-4-9(19-3)6-11(10)20-8(2)12(17)16-13(15)18/h4-8H,14H2,1-3H3,(H3,15,16,17,18)/t7-,8?/m1/s1. The summed E-state index contributed by atoms with van der Waals surface area (Å²) < 4.78 is 10.6. The highest BCUT2D eigenvalue weighted by atomic mass is 16.5. The number of methoxy groups -OCH3 is 1. The van der Waals surface area contributed by atoms with Gasteiger partial charge in [-0.25, -0.2) is 4.79 Å². The minimum atomic E-state index is -0.927. The summed E-state index contributed by atoms with van der Waals surface area (Å²) in [6.45, 7) is 3.30. The summed E-state index contributed by atoms with van der Waals surface area (Å²) in [6, 6.07) is 3.94. The molecule has 0 aliphatic rings. The van der Waals surface area contributed by atoms with Crippen LogP contribution in [0.15, 0.2) is 18.2 Å². The first-order chi connectivity index (χ1) is 9.35. The smallest absolute Gasteiger partial charge is 0.318 e. The van der Waals surface area contributed by atoms with Crippen molar-refractivity contribution in [1.82, 2.24) is 5.32 Å². The van der Waals surface area contributed by atoms with Crippen molar-refractivity contribution < 1.29 is 19.1 Å². The molecule has 1 aromatic rings. The molecular weight excluding hydrogens is 262 g/mol. The lowest BCUT2D eigenvalue weighted by molar-refractivity contribution is -0.126. The Hall–Kier alpha value is -2.28. The van der Waals surface area contributed by atoms with Crippen molar-refractivity contribution in [2.24, 2.45) is 11.5 Å². The average Bonchev–Trinajstić information content (AvgIpc) is 2.37. The van der Waals surface area contributed by atoms with Crippen LogP contribution in [0.25, 0.3) is 0 Å². The van der Waals surface area contributed by atoms with Gasteiger partial charge in [-0.15, -0.1) is 0 Å². The number of urea groups is 1. The van der Waals surface area contributed by atoms with E-state index in [0.717, 1.165) is 5.56 Å². The van der Waals surface area contributed by atoms with Gasteiger partial charge in [0, 0.05) is 17.7 Å². The van der Waals surface area contributed by atoms with Crippen LogP contribution in [-0.4, -0.2) is 25.2 Å². The molecule has 2 atom stereocenters. The number of rotatable bonds is 5. The molecule has 1 rings (SSSR count). The molecule has 0 aliphatic heterocycles. The van der Waals surface area contributed by atoms with E-state index in [1.165, 1.54) is 14.0 Å². The molecule has 0 heterocycles. The predicted molar refractivity (Wildman–Crippen MR) is 73.4 cm³/mol. The van der Waals surface area contributed by atoms with Crippen molar-refractivity contribution in [2.45, 2.75) is 26.0 Å². The number of amides is 3. The first-order valence-electron chi connectivity index (χ1n) is 6.05. The van der Waals surface area contributed by atoms with E-state index in [4.69, 9.17) is 20.9 Å². The fourth-order valence-corrected chi connectivity index (χ4v) is 1.59. The molecule has 5 N–H and O–H groups in total. The molecule has 0 saturated carbocycles. The molecular formula is C13H19N3O4. The second-order valence-electron chi connectivity index (χ2n) is 4.31. The number of imide groups is 1.